The number of halogens is 3. The molecule has 1 heterocycles. The van der Waals surface area contributed by atoms with Crippen LogP contribution < -0.4 is 30.2 Å². The van der Waals surface area contributed by atoms with Crippen molar-refractivity contribution < 1.29 is 32.5 Å². The van der Waals surface area contributed by atoms with E-state index in [-0.39, 0.29) is 43.1 Å². The van der Waals surface area contributed by atoms with Gasteiger partial charge in [-0.05, 0) is 26.8 Å². The van der Waals surface area contributed by atoms with E-state index in [0.717, 1.165) is 0 Å². The standard InChI is InChI=1S/C18H26F2N4O5.HI/c1-18(2,3)29-17(25)23-6-5-22-16(21-4)24-9-11-7-13-14(27-10-26-13)8-12(11)28-15(19)20;/h7-8,15H,5-6,9-10H2,1-4H3,(H,23,25)(H2,21,22,24);1H. The number of benzene rings is 1. The molecule has 0 aliphatic carbocycles. The van der Waals surface area contributed by atoms with Crippen molar-refractivity contribution in [2.75, 3.05) is 26.9 Å². The second-order valence-corrected chi connectivity index (χ2v) is 6.97. The van der Waals surface area contributed by atoms with Crippen molar-refractivity contribution in [1.82, 2.24) is 16.0 Å². The molecular weight excluding hydrogens is 517 g/mol. The third-order valence-electron chi connectivity index (χ3n) is 3.53. The number of ether oxygens (including phenoxy) is 4. The fourth-order valence-corrected chi connectivity index (χ4v) is 2.37. The number of carbonyl (C=O) groups is 1. The molecule has 0 radical (unpaired) electrons. The van der Waals surface area contributed by atoms with Crippen molar-refractivity contribution in [1.29, 1.82) is 0 Å². The molecule has 0 saturated carbocycles. The molecule has 1 amide bonds. The molecule has 0 bridgehead atoms. The van der Waals surface area contributed by atoms with Crippen LogP contribution in [0.5, 0.6) is 17.2 Å². The number of amides is 1. The normalized spacial score (nSPS) is 12.8. The van der Waals surface area contributed by atoms with Gasteiger partial charge in [0, 0.05) is 38.3 Å². The van der Waals surface area contributed by atoms with Gasteiger partial charge in [0.1, 0.15) is 11.4 Å². The highest BCUT2D eigenvalue weighted by Gasteiger charge is 2.20. The molecule has 2 rings (SSSR count). The molecule has 0 fully saturated rings. The lowest BCUT2D eigenvalue weighted by atomic mass is 10.1. The van der Waals surface area contributed by atoms with E-state index in [0.29, 0.717) is 36.1 Å². The molecule has 170 valence electrons. The summed E-state index contributed by atoms with van der Waals surface area (Å²) in [5.74, 6) is 1.20. The van der Waals surface area contributed by atoms with Crippen LogP contribution in [0.2, 0.25) is 0 Å². The zero-order chi connectivity index (χ0) is 21.4. The third kappa shape index (κ3) is 8.63. The molecule has 0 unspecified atom stereocenters. The van der Waals surface area contributed by atoms with Crippen LogP contribution in [0.4, 0.5) is 13.6 Å². The largest absolute Gasteiger partial charge is 0.454 e. The predicted molar refractivity (Wildman–Crippen MR) is 117 cm³/mol. The van der Waals surface area contributed by atoms with E-state index >= 15 is 0 Å². The summed E-state index contributed by atoms with van der Waals surface area (Å²) in [6.07, 6.45) is -0.517. The number of aliphatic imine (C=N–C) groups is 1. The number of rotatable bonds is 7. The van der Waals surface area contributed by atoms with Crippen molar-refractivity contribution >= 4 is 36.0 Å². The maximum Gasteiger partial charge on any atom is 0.407 e. The van der Waals surface area contributed by atoms with Crippen LogP contribution in [0, 0.1) is 0 Å². The van der Waals surface area contributed by atoms with Crippen LogP contribution in [-0.4, -0.2) is 51.2 Å². The number of carbonyl (C=O) groups excluding carboxylic acids is 1. The highest BCUT2D eigenvalue weighted by atomic mass is 127. The molecule has 0 saturated heterocycles. The summed E-state index contributed by atoms with van der Waals surface area (Å²) >= 11 is 0. The molecule has 0 aromatic heterocycles. The summed E-state index contributed by atoms with van der Waals surface area (Å²) in [4.78, 5) is 15.6. The molecule has 1 aromatic rings. The number of guanidine groups is 1. The van der Waals surface area contributed by atoms with E-state index < -0.39 is 18.3 Å². The summed E-state index contributed by atoms with van der Waals surface area (Å²) in [6.45, 7) is 3.22. The van der Waals surface area contributed by atoms with Gasteiger partial charge in [0.05, 0.1) is 0 Å². The second kappa shape index (κ2) is 11.8. The van der Waals surface area contributed by atoms with Gasteiger partial charge in [0.25, 0.3) is 0 Å². The average Bonchev–Trinajstić information content (AvgIpc) is 3.06. The average molecular weight is 544 g/mol. The maximum absolute atomic E-state index is 12.7. The molecule has 1 aliphatic rings. The molecule has 1 aromatic carbocycles. The molecule has 0 atom stereocenters. The van der Waals surface area contributed by atoms with Crippen molar-refractivity contribution in [2.24, 2.45) is 4.99 Å². The summed E-state index contributed by atoms with van der Waals surface area (Å²) in [7, 11) is 1.56. The Morgan fingerprint density at radius 3 is 2.40 bits per heavy atom. The third-order valence-corrected chi connectivity index (χ3v) is 3.53. The zero-order valence-corrected chi connectivity index (χ0v) is 19.5. The molecular formula is C18H27F2IN4O5. The minimum absolute atomic E-state index is 0. The Balaban J connectivity index is 0.00000450. The highest BCUT2D eigenvalue weighted by Crippen LogP contribution is 2.38. The monoisotopic (exact) mass is 544 g/mol. The van der Waals surface area contributed by atoms with Gasteiger partial charge in [-0.3, -0.25) is 4.99 Å². The number of fused-ring (bicyclic) bond motifs is 1. The Morgan fingerprint density at radius 2 is 1.80 bits per heavy atom. The smallest absolute Gasteiger partial charge is 0.407 e. The molecule has 3 N–H and O–H groups in total. The Hall–Kier alpha value is -2.25. The summed E-state index contributed by atoms with van der Waals surface area (Å²) < 4.78 is 45.6. The minimum atomic E-state index is -2.97. The zero-order valence-electron chi connectivity index (χ0n) is 17.2. The number of hydrogen-bond donors (Lipinski definition) is 3. The second-order valence-electron chi connectivity index (χ2n) is 6.97. The molecule has 9 nitrogen and oxygen atoms in total. The highest BCUT2D eigenvalue weighted by molar-refractivity contribution is 14.0. The number of nitrogens with one attached hydrogen (secondary N) is 3. The Kier molecular flexibility index (Phi) is 10.2. The van der Waals surface area contributed by atoms with E-state index in [4.69, 9.17) is 14.2 Å². The fourth-order valence-electron chi connectivity index (χ4n) is 2.37. The minimum Gasteiger partial charge on any atom is -0.454 e. The first-order chi connectivity index (χ1) is 13.7. The summed E-state index contributed by atoms with van der Waals surface area (Å²) in [6, 6.07) is 2.94. The number of alkyl carbamates (subject to hydrolysis) is 1. The van der Waals surface area contributed by atoms with Gasteiger partial charge in [-0.15, -0.1) is 24.0 Å². The molecule has 0 spiro atoms. The lowest BCUT2D eigenvalue weighted by Crippen LogP contribution is -2.42. The Labute approximate surface area is 190 Å². The number of hydrogen-bond acceptors (Lipinski definition) is 6. The van der Waals surface area contributed by atoms with E-state index in [1.54, 1.807) is 33.9 Å². The maximum atomic E-state index is 12.7. The molecule has 30 heavy (non-hydrogen) atoms. The van der Waals surface area contributed by atoms with Crippen LogP contribution >= 0.6 is 24.0 Å². The van der Waals surface area contributed by atoms with Gasteiger partial charge in [-0.25, -0.2) is 4.79 Å². The first-order valence-corrected chi connectivity index (χ1v) is 8.96. The van der Waals surface area contributed by atoms with E-state index in [1.165, 1.54) is 6.07 Å². The number of nitrogens with zero attached hydrogens (tertiary/aromatic N) is 1. The van der Waals surface area contributed by atoms with Gasteiger partial charge >= 0.3 is 12.7 Å². The lowest BCUT2D eigenvalue weighted by molar-refractivity contribution is -0.0505. The molecule has 12 heteroatoms. The van der Waals surface area contributed by atoms with Crippen molar-refractivity contribution in [3.8, 4) is 17.2 Å². The van der Waals surface area contributed by atoms with Crippen LogP contribution in [0.15, 0.2) is 17.1 Å². The van der Waals surface area contributed by atoms with Crippen LogP contribution in [0.3, 0.4) is 0 Å². The van der Waals surface area contributed by atoms with E-state index in [2.05, 4.69) is 25.7 Å². The van der Waals surface area contributed by atoms with Gasteiger partial charge in [0.2, 0.25) is 6.79 Å². The Morgan fingerprint density at radius 1 is 1.17 bits per heavy atom. The SMILES string of the molecule is CN=C(NCCNC(=O)OC(C)(C)C)NCc1cc2c(cc1OC(F)F)OCO2.I. The van der Waals surface area contributed by atoms with E-state index in [1.807, 2.05) is 0 Å². The number of alkyl halides is 2. The molecule has 1 aliphatic heterocycles. The fraction of sp³-hybridized carbons (Fsp3) is 0.556. The van der Waals surface area contributed by atoms with E-state index in [9.17, 15) is 13.6 Å². The van der Waals surface area contributed by atoms with Crippen LogP contribution in [0.1, 0.15) is 26.3 Å². The first-order valence-electron chi connectivity index (χ1n) is 8.96. The van der Waals surface area contributed by atoms with Gasteiger partial charge in [-0.1, -0.05) is 0 Å². The van der Waals surface area contributed by atoms with Gasteiger partial charge in [0.15, 0.2) is 17.5 Å². The summed E-state index contributed by atoms with van der Waals surface area (Å²) in [5.41, 5.74) is -0.123. The van der Waals surface area contributed by atoms with Crippen molar-refractivity contribution in [3.05, 3.63) is 17.7 Å². The van der Waals surface area contributed by atoms with Crippen molar-refractivity contribution in [2.45, 2.75) is 39.5 Å². The first kappa shape index (κ1) is 25.8. The van der Waals surface area contributed by atoms with Gasteiger partial charge < -0.3 is 34.9 Å². The van der Waals surface area contributed by atoms with Gasteiger partial charge in [-0.2, -0.15) is 8.78 Å². The topological polar surface area (TPSA) is 102 Å². The van der Waals surface area contributed by atoms with Crippen LogP contribution in [0.25, 0.3) is 0 Å². The van der Waals surface area contributed by atoms with Crippen LogP contribution in [-0.2, 0) is 11.3 Å². The predicted octanol–water partition coefficient (Wildman–Crippen LogP) is 2.82. The summed E-state index contributed by atoms with van der Waals surface area (Å²) in [5, 5.41) is 8.60. The Bertz CT molecular complexity index is 744. The van der Waals surface area contributed by atoms with Crippen molar-refractivity contribution in [3.63, 3.8) is 0 Å². The quantitative estimate of drug-likeness (QED) is 0.210. The lowest BCUT2D eigenvalue weighted by Gasteiger charge is -2.20.